The maximum Gasteiger partial charge on any atom is 0.226 e. The molecule has 1 heterocycles. The van der Waals surface area contributed by atoms with E-state index in [9.17, 15) is 4.21 Å². The Bertz CT molecular complexity index is 785. The SMILES string of the molecule is CCCCS(=O)c1nnc(-c2ccccc2)n1-c1ccccc1. The molecule has 1 atom stereocenters. The van der Waals surface area contributed by atoms with E-state index in [-0.39, 0.29) is 0 Å². The maximum absolute atomic E-state index is 12.6. The molecular formula is C18H19N3OS. The Morgan fingerprint density at radius 3 is 2.26 bits per heavy atom. The average Bonchev–Trinajstić information content (AvgIpc) is 3.06. The van der Waals surface area contributed by atoms with Crippen LogP contribution in [-0.2, 0) is 10.8 Å². The molecule has 0 aliphatic heterocycles. The van der Waals surface area contributed by atoms with Gasteiger partial charge in [-0.3, -0.25) is 8.78 Å². The highest BCUT2D eigenvalue weighted by molar-refractivity contribution is 7.84. The van der Waals surface area contributed by atoms with E-state index in [1.807, 2.05) is 65.2 Å². The van der Waals surface area contributed by atoms with E-state index in [4.69, 9.17) is 0 Å². The summed E-state index contributed by atoms with van der Waals surface area (Å²) in [5.74, 6) is 1.33. The number of benzene rings is 2. The summed E-state index contributed by atoms with van der Waals surface area (Å²) in [5, 5.41) is 9.06. The lowest BCUT2D eigenvalue weighted by molar-refractivity contribution is 0.668. The Kier molecular flexibility index (Phi) is 4.98. The summed E-state index contributed by atoms with van der Waals surface area (Å²) in [4.78, 5) is 0. The minimum absolute atomic E-state index is 0.517. The molecule has 1 unspecified atom stereocenters. The third kappa shape index (κ3) is 3.40. The van der Waals surface area contributed by atoms with Gasteiger partial charge in [0.2, 0.25) is 5.16 Å². The Hall–Kier alpha value is -2.27. The van der Waals surface area contributed by atoms with Gasteiger partial charge in [-0.1, -0.05) is 61.9 Å². The second-order valence-corrected chi connectivity index (χ2v) is 6.71. The first-order chi connectivity index (χ1) is 11.3. The smallest absolute Gasteiger partial charge is 0.226 e. The summed E-state index contributed by atoms with van der Waals surface area (Å²) < 4.78 is 14.5. The molecule has 0 bridgehead atoms. The standard InChI is InChI=1S/C18H19N3OS/c1-2-3-14-23(22)18-20-19-17(15-10-6-4-7-11-15)21(18)16-12-8-5-9-13-16/h4-13H,2-3,14H2,1H3. The van der Waals surface area contributed by atoms with E-state index in [2.05, 4.69) is 17.1 Å². The molecule has 1 aromatic heterocycles. The van der Waals surface area contributed by atoms with E-state index < -0.39 is 10.8 Å². The first-order valence-electron chi connectivity index (χ1n) is 7.76. The summed E-state index contributed by atoms with van der Waals surface area (Å²) in [6, 6.07) is 19.7. The molecular weight excluding hydrogens is 306 g/mol. The lowest BCUT2D eigenvalue weighted by Gasteiger charge is -2.10. The van der Waals surface area contributed by atoms with Gasteiger partial charge in [0.15, 0.2) is 5.82 Å². The third-order valence-corrected chi connectivity index (χ3v) is 4.90. The predicted octanol–water partition coefficient (Wildman–Crippen LogP) is 3.84. The van der Waals surface area contributed by atoms with Gasteiger partial charge < -0.3 is 0 Å². The van der Waals surface area contributed by atoms with Crippen molar-refractivity contribution in [2.75, 3.05) is 5.75 Å². The van der Waals surface area contributed by atoms with Crippen LogP contribution in [0.2, 0.25) is 0 Å². The Labute approximate surface area is 138 Å². The first kappa shape index (κ1) is 15.6. The molecule has 0 spiro atoms. The van der Waals surface area contributed by atoms with E-state index in [0.717, 1.165) is 29.9 Å². The summed E-state index contributed by atoms with van der Waals surface area (Å²) in [6.45, 7) is 2.09. The molecule has 0 amide bonds. The molecule has 118 valence electrons. The second-order valence-electron chi connectivity index (χ2n) is 5.25. The lowest BCUT2D eigenvalue weighted by atomic mass is 10.2. The van der Waals surface area contributed by atoms with Crippen molar-refractivity contribution in [3.8, 4) is 17.1 Å². The Morgan fingerprint density at radius 2 is 1.61 bits per heavy atom. The highest BCUT2D eigenvalue weighted by atomic mass is 32.2. The van der Waals surface area contributed by atoms with Crippen LogP contribution >= 0.6 is 0 Å². The van der Waals surface area contributed by atoms with Crippen molar-refractivity contribution in [1.29, 1.82) is 0 Å². The van der Waals surface area contributed by atoms with Crippen molar-refractivity contribution < 1.29 is 4.21 Å². The van der Waals surface area contributed by atoms with Crippen molar-refractivity contribution in [3.63, 3.8) is 0 Å². The molecule has 0 fully saturated rings. The number of para-hydroxylation sites is 1. The van der Waals surface area contributed by atoms with Crippen LogP contribution in [0.25, 0.3) is 17.1 Å². The van der Waals surface area contributed by atoms with Crippen molar-refractivity contribution in [2.24, 2.45) is 0 Å². The van der Waals surface area contributed by atoms with E-state index >= 15 is 0 Å². The molecule has 3 aromatic rings. The molecule has 4 nitrogen and oxygen atoms in total. The minimum Gasteiger partial charge on any atom is -0.268 e. The molecule has 5 heteroatoms. The average molecular weight is 325 g/mol. The number of hydrogen-bond acceptors (Lipinski definition) is 3. The molecule has 2 aromatic carbocycles. The summed E-state index contributed by atoms with van der Waals surface area (Å²) in [5.41, 5.74) is 1.89. The zero-order valence-electron chi connectivity index (χ0n) is 13.1. The van der Waals surface area contributed by atoms with E-state index in [0.29, 0.717) is 10.9 Å². The summed E-state index contributed by atoms with van der Waals surface area (Å²) >= 11 is 0. The van der Waals surface area contributed by atoms with Gasteiger partial charge in [-0.2, -0.15) is 0 Å². The van der Waals surface area contributed by atoms with Crippen LogP contribution in [0.3, 0.4) is 0 Å². The van der Waals surface area contributed by atoms with E-state index in [1.165, 1.54) is 0 Å². The predicted molar refractivity (Wildman–Crippen MR) is 93.0 cm³/mol. The monoisotopic (exact) mass is 325 g/mol. The lowest BCUT2D eigenvalue weighted by Crippen LogP contribution is -2.08. The normalized spacial score (nSPS) is 12.2. The Balaban J connectivity index is 2.11. The molecule has 0 aliphatic rings. The minimum atomic E-state index is -1.16. The molecule has 3 rings (SSSR count). The molecule has 0 saturated carbocycles. The van der Waals surface area contributed by atoms with Gasteiger partial charge >= 0.3 is 0 Å². The van der Waals surface area contributed by atoms with Crippen molar-refractivity contribution in [3.05, 3.63) is 60.7 Å². The van der Waals surface area contributed by atoms with Gasteiger partial charge in [0.25, 0.3) is 0 Å². The number of rotatable bonds is 6. The molecule has 0 radical (unpaired) electrons. The van der Waals surface area contributed by atoms with E-state index in [1.54, 1.807) is 0 Å². The zero-order chi connectivity index (χ0) is 16.1. The van der Waals surface area contributed by atoms with Gasteiger partial charge in [0, 0.05) is 17.0 Å². The van der Waals surface area contributed by atoms with Crippen LogP contribution < -0.4 is 0 Å². The summed E-state index contributed by atoms with van der Waals surface area (Å²) in [6.07, 6.45) is 1.92. The number of aromatic nitrogens is 3. The highest BCUT2D eigenvalue weighted by Gasteiger charge is 2.19. The van der Waals surface area contributed by atoms with Gasteiger partial charge in [0.1, 0.15) is 0 Å². The second kappa shape index (κ2) is 7.33. The quantitative estimate of drug-likeness (QED) is 0.692. The van der Waals surface area contributed by atoms with Crippen molar-refractivity contribution in [1.82, 2.24) is 14.8 Å². The van der Waals surface area contributed by atoms with Gasteiger partial charge in [-0.15, -0.1) is 10.2 Å². The van der Waals surface area contributed by atoms with Crippen LogP contribution in [0, 0.1) is 0 Å². The number of nitrogens with zero attached hydrogens (tertiary/aromatic N) is 3. The highest BCUT2D eigenvalue weighted by Crippen LogP contribution is 2.24. The topological polar surface area (TPSA) is 47.8 Å². The number of unbranched alkanes of at least 4 members (excludes halogenated alkanes) is 1. The molecule has 0 N–H and O–H groups in total. The fourth-order valence-corrected chi connectivity index (χ4v) is 3.63. The van der Waals surface area contributed by atoms with Crippen molar-refractivity contribution >= 4 is 10.8 Å². The summed E-state index contributed by atoms with van der Waals surface area (Å²) in [7, 11) is -1.16. The maximum atomic E-state index is 12.6. The van der Waals surface area contributed by atoms with Crippen LogP contribution in [0.4, 0.5) is 0 Å². The Morgan fingerprint density at radius 1 is 0.957 bits per heavy atom. The third-order valence-electron chi connectivity index (χ3n) is 3.57. The van der Waals surface area contributed by atoms with Gasteiger partial charge in [-0.05, 0) is 18.6 Å². The molecule has 0 aliphatic carbocycles. The molecule has 0 saturated heterocycles. The fourth-order valence-electron chi connectivity index (χ4n) is 2.37. The number of hydrogen-bond donors (Lipinski definition) is 0. The van der Waals surface area contributed by atoms with Crippen LogP contribution in [-0.4, -0.2) is 24.7 Å². The largest absolute Gasteiger partial charge is 0.268 e. The van der Waals surface area contributed by atoms with Crippen LogP contribution in [0.5, 0.6) is 0 Å². The fraction of sp³-hybridized carbons (Fsp3) is 0.222. The van der Waals surface area contributed by atoms with Gasteiger partial charge in [0.05, 0.1) is 10.8 Å². The van der Waals surface area contributed by atoms with Crippen LogP contribution in [0.15, 0.2) is 65.8 Å². The van der Waals surface area contributed by atoms with Gasteiger partial charge in [-0.25, -0.2) is 0 Å². The van der Waals surface area contributed by atoms with Crippen LogP contribution in [0.1, 0.15) is 19.8 Å². The zero-order valence-corrected chi connectivity index (χ0v) is 13.9. The van der Waals surface area contributed by atoms with Crippen molar-refractivity contribution in [2.45, 2.75) is 24.9 Å². The first-order valence-corrected chi connectivity index (χ1v) is 9.07. The molecule has 23 heavy (non-hydrogen) atoms.